The van der Waals surface area contributed by atoms with E-state index in [0.29, 0.717) is 6.54 Å². The van der Waals surface area contributed by atoms with Crippen LogP contribution in [0.25, 0.3) is 0 Å². The van der Waals surface area contributed by atoms with Crippen LogP contribution in [-0.2, 0) is 19.5 Å². The predicted molar refractivity (Wildman–Crippen MR) is 78.3 cm³/mol. The second-order valence-corrected chi connectivity index (χ2v) is 6.00. The topological polar surface area (TPSA) is 12.0 Å². The smallest absolute Gasteiger partial charge is 0.144 e. The quantitative estimate of drug-likeness (QED) is 0.778. The van der Waals surface area contributed by atoms with Gasteiger partial charge >= 0.3 is 0 Å². The first-order valence-corrected chi connectivity index (χ1v) is 7.69. The van der Waals surface area contributed by atoms with Crippen molar-refractivity contribution in [2.24, 2.45) is 0 Å². The van der Waals surface area contributed by atoms with Crippen LogP contribution in [0, 0.1) is 11.6 Å². The van der Waals surface area contributed by atoms with E-state index in [1.54, 1.807) is 11.3 Å². The third kappa shape index (κ3) is 3.41. The van der Waals surface area contributed by atoms with Crippen molar-refractivity contribution in [3.8, 4) is 0 Å². The van der Waals surface area contributed by atoms with Gasteiger partial charge in [-0.3, -0.25) is 0 Å². The van der Waals surface area contributed by atoms with Crippen LogP contribution in [0.1, 0.15) is 22.9 Å². The Morgan fingerprint density at radius 3 is 2.74 bits per heavy atom. The third-order valence-corrected chi connectivity index (χ3v) is 4.52. The van der Waals surface area contributed by atoms with Crippen molar-refractivity contribution in [1.29, 1.82) is 0 Å². The molecule has 1 aromatic heterocycles. The zero-order valence-corrected chi connectivity index (χ0v) is 12.9. The molecule has 0 fully saturated rings. The minimum Gasteiger partial charge on any atom is -0.308 e. The summed E-state index contributed by atoms with van der Waals surface area (Å²) >= 11 is 4.73. The summed E-state index contributed by atoms with van der Waals surface area (Å²) in [7, 11) is 0. The van der Waals surface area contributed by atoms with E-state index in [1.807, 2.05) is 5.38 Å². The molecule has 1 aromatic carbocycles. The van der Waals surface area contributed by atoms with Gasteiger partial charge in [-0.1, -0.05) is 6.92 Å². The molecule has 0 saturated carbocycles. The van der Waals surface area contributed by atoms with Gasteiger partial charge in [0, 0.05) is 23.5 Å². The van der Waals surface area contributed by atoms with E-state index in [4.69, 9.17) is 0 Å². The van der Waals surface area contributed by atoms with Gasteiger partial charge < -0.3 is 5.32 Å². The van der Waals surface area contributed by atoms with Crippen molar-refractivity contribution in [3.05, 3.63) is 55.7 Å². The fourth-order valence-electron chi connectivity index (χ4n) is 1.87. The number of halogens is 3. The molecule has 102 valence electrons. The number of aryl methyl sites for hydroxylation is 1. The van der Waals surface area contributed by atoms with E-state index in [-0.39, 0.29) is 16.6 Å². The fraction of sp³-hybridized carbons (Fsp3) is 0.286. The minimum absolute atomic E-state index is 0.0731. The van der Waals surface area contributed by atoms with Crippen molar-refractivity contribution in [1.82, 2.24) is 5.32 Å². The number of benzene rings is 1. The van der Waals surface area contributed by atoms with Crippen molar-refractivity contribution < 1.29 is 8.78 Å². The average molecular weight is 346 g/mol. The Hall–Kier alpha value is -0.780. The molecule has 0 aliphatic heterocycles. The molecule has 0 radical (unpaired) electrons. The molecule has 0 aliphatic rings. The summed E-state index contributed by atoms with van der Waals surface area (Å²) in [5.41, 5.74) is 1.36. The molecule has 0 aliphatic carbocycles. The van der Waals surface area contributed by atoms with E-state index in [9.17, 15) is 8.78 Å². The van der Waals surface area contributed by atoms with Gasteiger partial charge in [0.25, 0.3) is 0 Å². The maximum atomic E-state index is 13.7. The Morgan fingerprint density at radius 2 is 2.00 bits per heavy atom. The normalized spacial score (nSPS) is 10.9. The molecule has 5 heteroatoms. The van der Waals surface area contributed by atoms with Crippen molar-refractivity contribution >= 4 is 27.3 Å². The fourth-order valence-corrected chi connectivity index (χ4v) is 3.19. The van der Waals surface area contributed by atoms with Crippen LogP contribution in [0.5, 0.6) is 0 Å². The summed E-state index contributed by atoms with van der Waals surface area (Å²) in [6.45, 7) is 2.91. The lowest BCUT2D eigenvalue weighted by atomic mass is 10.2. The standard InChI is InChI=1S/C14H14BrF2NS/c1-2-9-5-6-19-13(9)8-18-7-10-12(16)4-3-11(15)14(10)17/h3-6,18H,2,7-8H2,1H3. The van der Waals surface area contributed by atoms with Gasteiger partial charge in [-0.05, 0) is 51.5 Å². The highest BCUT2D eigenvalue weighted by molar-refractivity contribution is 9.10. The molecule has 0 unspecified atom stereocenters. The van der Waals surface area contributed by atoms with Gasteiger partial charge in [0.15, 0.2) is 0 Å². The molecule has 1 N–H and O–H groups in total. The predicted octanol–water partition coefficient (Wildman–Crippen LogP) is 4.64. The van der Waals surface area contributed by atoms with Gasteiger partial charge in [-0.15, -0.1) is 11.3 Å². The lowest BCUT2D eigenvalue weighted by Gasteiger charge is -2.08. The largest absolute Gasteiger partial charge is 0.308 e. The Bertz CT molecular complexity index is 569. The second kappa shape index (κ2) is 6.59. The van der Waals surface area contributed by atoms with Crippen LogP contribution in [0.4, 0.5) is 8.78 Å². The zero-order chi connectivity index (χ0) is 13.8. The summed E-state index contributed by atoms with van der Waals surface area (Å²) in [6, 6.07) is 4.73. The minimum atomic E-state index is -0.533. The van der Waals surface area contributed by atoms with Crippen LogP contribution < -0.4 is 5.32 Å². The lowest BCUT2D eigenvalue weighted by Crippen LogP contribution is -2.15. The molecule has 0 atom stereocenters. The van der Waals surface area contributed by atoms with Crippen LogP contribution >= 0.6 is 27.3 Å². The zero-order valence-electron chi connectivity index (χ0n) is 10.5. The van der Waals surface area contributed by atoms with Gasteiger partial charge in [0.05, 0.1) is 4.47 Å². The molecule has 0 amide bonds. The van der Waals surface area contributed by atoms with E-state index in [2.05, 4.69) is 34.2 Å². The number of rotatable bonds is 5. The first-order chi connectivity index (χ1) is 9.13. The highest BCUT2D eigenvalue weighted by Gasteiger charge is 2.12. The molecule has 2 rings (SSSR count). The third-order valence-electron chi connectivity index (χ3n) is 2.94. The van der Waals surface area contributed by atoms with Crippen molar-refractivity contribution in [3.63, 3.8) is 0 Å². The second-order valence-electron chi connectivity index (χ2n) is 4.15. The molecular formula is C14H14BrF2NS. The number of thiophene rings is 1. The van der Waals surface area contributed by atoms with Gasteiger partial charge in [-0.25, -0.2) is 8.78 Å². The van der Waals surface area contributed by atoms with Crippen molar-refractivity contribution in [2.75, 3.05) is 0 Å². The maximum absolute atomic E-state index is 13.7. The van der Waals surface area contributed by atoms with Crippen LogP contribution in [0.15, 0.2) is 28.1 Å². The molecule has 1 nitrogen and oxygen atoms in total. The maximum Gasteiger partial charge on any atom is 0.144 e. The molecule has 0 saturated heterocycles. The lowest BCUT2D eigenvalue weighted by molar-refractivity contribution is 0.532. The summed E-state index contributed by atoms with van der Waals surface area (Å²) in [5, 5.41) is 5.14. The highest BCUT2D eigenvalue weighted by atomic mass is 79.9. The summed E-state index contributed by atoms with van der Waals surface area (Å²) < 4.78 is 27.6. The molecule has 1 heterocycles. The Labute approximate surface area is 123 Å². The Balaban J connectivity index is 2.02. The van der Waals surface area contributed by atoms with Crippen LogP contribution in [0.2, 0.25) is 0 Å². The van der Waals surface area contributed by atoms with Crippen molar-refractivity contribution in [2.45, 2.75) is 26.4 Å². The molecular weight excluding hydrogens is 332 g/mol. The number of hydrogen-bond acceptors (Lipinski definition) is 2. The summed E-state index contributed by atoms with van der Waals surface area (Å²) in [5.74, 6) is -1.05. The van der Waals surface area contributed by atoms with E-state index >= 15 is 0 Å². The van der Waals surface area contributed by atoms with Gasteiger partial charge in [0.1, 0.15) is 11.6 Å². The van der Waals surface area contributed by atoms with E-state index < -0.39 is 11.6 Å². The SMILES string of the molecule is CCc1ccsc1CNCc1c(F)ccc(Br)c1F. The first kappa shape index (κ1) is 14.6. The number of hydrogen-bond donors (Lipinski definition) is 1. The van der Waals surface area contributed by atoms with E-state index in [1.165, 1.54) is 22.6 Å². The summed E-state index contributed by atoms with van der Waals surface area (Å²) in [4.78, 5) is 1.22. The van der Waals surface area contributed by atoms with Crippen LogP contribution in [0.3, 0.4) is 0 Å². The summed E-state index contributed by atoms with van der Waals surface area (Å²) in [6.07, 6.45) is 0.972. The Morgan fingerprint density at radius 1 is 1.21 bits per heavy atom. The van der Waals surface area contributed by atoms with E-state index in [0.717, 1.165) is 6.42 Å². The van der Waals surface area contributed by atoms with Gasteiger partial charge in [0.2, 0.25) is 0 Å². The molecule has 2 aromatic rings. The number of nitrogens with one attached hydrogen (secondary N) is 1. The molecule has 0 bridgehead atoms. The monoisotopic (exact) mass is 345 g/mol. The molecule has 0 spiro atoms. The van der Waals surface area contributed by atoms with Crippen LogP contribution in [-0.4, -0.2) is 0 Å². The molecule has 19 heavy (non-hydrogen) atoms. The van der Waals surface area contributed by atoms with Gasteiger partial charge in [-0.2, -0.15) is 0 Å². The highest BCUT2D eigenvalue weighted by Crippen LogP contribution is 2.22. The average Bonchev–Trinajstić information content (AvgIpc) is 2.85. The first-order valence-electron chi connectivity index (χ1n) is 6.01. The Kier molecular flexibility index (Phi) is 5.07.